The van der Waals surface area contributed by atoms with Crippen molar-refractivity contribution in [2.24, 2.45) is 17.3 Å². The van der Waals surface area contributed by atoms with E-state index in [9.17, 15) is 4.79 Å². The standard InChI is InChI=1S/C21H28BrNO2/c1-2-25-13-18-6-4-3-5-17(18)12-23-19(24)20-8-15-7-16(9-20)11-21(22,10-15)14-20/h3-6,15-16H,2,7-14H2,1H3,(H,23,24). The van der Waals surface area contributed by atoms with Crippen LogP contribution in [0.1, 0.15) is 56.6 Å². The highest BCUT2D eigenvalue weighted by Crippen LogP contribution is 2.64. The zero-order chi connectivity index (χ0) is 17.5. The molecule has 4 fully saturated rings. The van der Waals surface area contributed by atoms with Gasteiger partial charge in [0.15, 0.2) is 0 Å². The van der Waals surface area contributed by atoms with Gasteiger partial charge in [0, 0.05) is 17.5 Å². The summed E-state index contributed by atoms with van der Waals surface area (Å²) in [5.41, 5.74) is 2.21. The summed E-state index contributed by atoms with van der Waals surface area (Å²) in [5, 5.41) is 3.27. The molecule has 0 radical (unpaired) electrons. The van der Waals surface area contributed by atoms with E-state index in [4.69, 9.17) is 4.74 Å². The molecular formula is C21H28BrNO2. The van der Waals surface area contributed by atoms with Crippen LogP contribution >= 0.6 is 15.9 Å². The zero-order valence-corrected chi connectivity index (χ0v) is 16.6. The summed E-state index contributed by atoms with van der Waals surface area (Å²) in [7, 11) is 0. The number of halogens is 1. The number of rotatable bonds is 6. The molecule has 4 saturated carbocycles. The first-order valence-electron chi connectivity index (χ1n) is 9.64. The summed E-state index contributed by atoms with van der Waals surface area (Å²) >= 11 is 4.00. The van der Waals surface area contributed by atoms with Gasteiger partial charge in [-0.3, -0.25) is 4.79 Å². The van der Waals surface area contributed by atoms with Crippen LogP contribution in [-0.4, -0.2) is 16.8 Å². The summed E-state index contributed by atoms with van der Waals surface area (Å²) in [5.74, 6) is 1.74. The van der Waals surface area contributed by atoms with Crippen molar-refractivity contribution in [2.75, 3.05) is 6.61 Å². The predicted molar refractivity (Wildman–Crippen MR) is 102 cm³/mol. The smallest absolute Gasteiger partial charge is 0.226 e. The van der Waals surface area contributed by atoms with E-state index in [2.05, 4.69) is 33.4 Å². The molecular weight excluding hydrogens is 378 g/mol. The Morgan fingerprint density at radius 1 is 1.20 bits per heavy atom. The van der Waals surface area contributed by atoms with Crippen LogP contribution in [0, 0.1) is 17.3 Å². The lowest BCUT2D eigenvalue weighted by molar-refractivity contribution is -0.144. The van der Waals surface area contributed by atoms with Crippen molar-refractivity contribution in [1.82, 2.24) is 5.32 Å². The number of benzene rings is 1. The lowest BCUT2D eigenvalue weighted by Crippen LogP contribution is -2.58. The van der Waals surface area contributed by atoms with E-state index in [0.29, 0.717) is 19.8 Å². The van der Waals surface area contributed by atoms with Gasteiger partial charge in [-0.05, 0) is 68.4 Å². The Balaban J connectivity index is 1.45. The molecule has 136 valence electrons. The third kappa shape index (κ3) is 3.40. The first kappa shape index (κ1) is 17.5. The first-order chi connectivity index (χ1) is 12.0. The second-order valence-corrected chi connectivity index (χ2v) is 10.2. The van der Waals surface area contributed by atoms with Gasteiger partial charge in [-0.1, -0.05) is 40.2 Å². The van der Waals surface area contributed by atoms with Crippen LogP contribution in [0.25, 0.3) is 0 Å². The van der Waals surface area contributed by atoms with Crippen LogP contribution < -0.4 is 5.32 Å². The van der Waals surface area contributed by atoms with Crippen LogP contribution in [0.15, 0.2) is 24.3 Å². The molecule has 1 aromatic rings. The minimum Gasteiger partial charge on any atom is -0.377 e. The summed E-state index contributed by atoms with van der Waals surface area (Å²) in [6.07, 6.45) is 7.04. The van der Waals surface area contributed by atoms with Crippen molar-refractivity contribution in [3.05, 3.63) is 35.4 Å². The molecule has 0 aromatic heterocycles. The number of carbonyl (C=O) groups excluding carboxylic acids is 1. The average Bonchev–Trinajstić information content (AvgIpc) is 2.56. The Kier molecular flexibility index (Phi) is 4.70. The van der Waals surface area contributed by atoms with Crippen molar-refractivity contribution < 1.29 is 9.53 Å². The van der Waals surface area contributed by atoms with E-state index < -0.39 is 0 Å². The fourth-order valence-corrected chi connectivity index (χ4v) is 7.31. The van der Waals surface area contributed by atoms with Crippen molar-refractivity contribution in [1.29, 1.82) is 0 Å². The molecule has 0 heterocycles. The highest BCUT2D eigenvalue weighted by atomic mass is 79.9. The maximum Gasteiger partial charge on any atom is 0.226 e. The molecule has 3 nitrogen and oxygen atoms in total. The number of carbonyl (C=O) groups is 1. The fourth-order valence-electron chi connectivity index (χ4n) is 5.86. The Labute approximate surface area is 159 Å². The number of hydrogen-bond acceptors (Lipinski definition) is 2. The normalized spacial score (nSPS) is 35.8. The average molecular weight is 406 g/mol. The van der Waals surface area contributed by atoms with E-state index in [-0.39, 0.29) is 15.6 Å². The maximum atomic E-state index is 13.2. The van der Waals surface area contributed by atoms with Crippen LogP contribution in [0.2, 0.25) is 0 Å². The number of nitrogens with one attached hydrogen (secondary N) is 1. The van der Waals surface area contributed by atoms with Crippen LogP contribution in [0.4, 0.5) is 0 Å². The summed E-state index contributed by atoms with van der Waals surface area (Å²) < 4.78 is 5.79. The molecule has 1 amide bonds. The molecule has 4 bridgehead atoms. The second kappa shape index (κ2) is 6.70. The molecule has 1 N–H and O–H groups in total. The van der Waals surface area contributed by atoms with Gasteiger partial charge in [0.05, 0.1) is 12.0 Å². The third-order valence-electron chi connectivity index (χ3n) is 6.49. The maximum absolute atomic E-state index is 13.2. The van der Waals surface area contributed by atoms with Gasteiger partial charge in [-0.2, -0.15) is 0 Å². The van der Waals surface area contributed by atoms with Crippen molar-refractivity contribution >= 4 is 21.8 Å². The highest BCUT2D eigenvalue weighted by molar-refractivity contribution is 9.10. The van der Waals surface area contributed by atoms with Crippen LogP contribution in [0.5, 0.6) is 0 Å². The SMILES string of the molecule is CCOCc1ccccc1CNC(=O)C12CC3CC(CC(Br)(C3)C1)C2. The second-order valence-electron chi connectivity index (χ2n) is 8.48. The Hall–Kier alpha value is -0.870. The molecule has 4 aliphatic rings. The lowest BCUT2D eigenvalue weighted by atomic mass is 9.49. The van der Waals surface area contributed by atoms with E-state index in [1.807, 2.05) is 19.1 Å². The minimum absolute atomic E-state index is 0.136. The van der Waals surface area contributed by atoms with E-state index >= 15 is 0 Å². The molecule has 1 aromatic carbocycles. The van der Waals surface area contributed by atoms with E-state index in [1.54, 1.807) is 0 Å². The van der Waals surface area contributed by atoms with Crippen molar-refractivity contribution in [3.63, 3.8) is 0 Å². The summed E-state index contributed by atoms with van der Waals surface area (Å²) in [4.78, 5) is 13.2. The monoisotopic (exact) mass is 405 g/mol. The number of hydrogen-bond donors (Lipinski definition) is 1. The van der Waals surface area contributed by atoms with Gasteiger partial charge in [0.2, 0.25) is 5.91 Å². The molecule has 0 saturated heterocycles. The fraction of sp³-hybridized carbons (Fsp3) is 0.667. The van der Waals surface area contributed by atoms with Crippen LogP contribution in [-0.2, 0) is 22.7 Å². The zero-order valence-electron chi connectivity index (χ0n) is 15.0. The molecule has 0 spiro atoms. The number of alkyl halides is 1. The van der Waals surface area contributed by atoms with Crippen molar-refractivity contribution in [2.45, 2.75) is 62.9 Å². The predicted octanol–water partition coefficient (Wildman–Crippen LogP) is 4.57. The van der Waals surface area contributed by atoms with Gasteiger partial charge in [0.1, 0.15) is 0 Å². The van der Waals surface area contributed by atoms with Gasteiger partial charge in [0.25, 0.3) is 0 Å². The van der Waals surface area contributed by atoms with Gasteiger partial charge in [-0.25, -0.2) is 0 Å². The van der Waals surface area contributed by atoms with Gasteiger partial charge < -0.3 is 10.1 Å². The largest absolute Gasteiger partial charge is 0.377 e. The van der Waals surface area contributed by atoms with Crippen LogP contribution in [0.3, 0.4) is 0 Å². The first-order valence-corrected chi connectivity index (χ1v) is 10.4. The van der Waals surface area contributed by atoms with E-state index in [0.717, 1.165) is 31.1 Å². The van der Waals surface area contributed by atoms with Crippen molar-refractivity contribution in [3.8, 4) is 0 Å². The molecule has 5 rings (SSSR count). The Morgan fingerprint density at radius 3 is 2.52 bits per heavy atom. The third-order valence-corrected chi connectivity index (χ3v) is 7.42. The molecule has 25 heavy (non-hydrogen) atoms. The van der Waals surface area contributed by atoms with Gasteiger partial charge >= 0.3 is 0 Å². The lowest BCUT2D eigenvalue weighted by Gasteiger charge is -2.59. The highest BCUT2D eigenvalue weighted by Gasteiger charge is 2.59. The Bertz CT molecular complexity index is 645. The minimum atomic E-state index is -0.136. The summed E-state index contributed by atoms with van der Waals surface area (Å²) in [6.45, 7) is 3.93. The van der Waals surface area contributed by atoms with E-state index in [1.165, 1.54) is 30.4 Å². The quantitative estimate of drug-likeness (QED) is 0.703. The summed E-state index contributed by atoms with van der Waals surface area (Å²) in [6, 6.07) is 8.26. The molecule has 4 aliphatic carbocycles. The molecule has 2 unspecified atom stereocenters. The van der Waals surface area contributed by atoms with Gasteiger partial charge in [-0.15, -0.1) is 0 Å². The Morgan fingerprint density at radius 2 is 1.88 bits per heavy atom. The topological polar surface area (TPSA) is 38.3 Å². The number of amides is 1. The molecule has 0 aliphatic heterocycles. The molecule has 2 atom stereocenters. The number of ether oxygens (including phenoxy) is 1. The molecule has 4 heteroatoms.